The predicted octanol–water partition coefficient (Wildman–Crippen LogP) is 4.39. The van der Waals surface area contributed by atoms with Crippen molar-refractivity contribution >= 4 is 27.3 Å². The van der Waals surface area contributed by atoms with Crippen molar-refractivity contribution in [1.29, 1.82) is 0 Å². The number of rotatable bonds is 3. The van der Waals surface area contributed by atoms with E-state index < -0.39 is 0 Å². The minimum Gasteiger partial charge on any atom is -0.319 e. The molecule has 0 radical (unpaired) electrons. The van der Waals surface area contributed by atoms with Gasteiger partial charge in [0.05, 0.1) is 0 Å². The van der Waals surface area contributed by atoms with Crippen molar-refractivity contribution in [2.75, 3.05) is 13.6 Å². The molecule has 0 aliphatic heterocycles. The molecular formula is C13H20BrNS. The van der Waals surface area contributed by atoms with Crippen molar-refractivity contribution in [3.63, 3.8) is 0 Å². The Hall–Kier alpha value is 0.140. The van der Waals surface area contributed by atoms with Crippen LogP contribution < -0.4 is 5.32 Å². The molecule has 1 fully saturated rings. The fourth-order valence-electron chi connectivity index (χ4n) is 2.81. The molecule has 3 heteroatoms. The van der Waals surface area contributed by atoms with E-state index in [1.807, 2.05) is 11.3 Å². The SMILES string of the molecule is CNCC1CCCCCC1c1sccc1Br. The molecule has 1 N–H and O–H groups in total. The van der Waals surface area contributed by atoms with Crippen LogP contribution in [0, 0.1) is 5.92 Å². The summed E-state index contributed by atoms with van der Waals surface area (Å²) in [5, 5.41) is 5.57. The molecule has 2 rings (SSSR count). The molecule has 1 saturated carbocycles. The van der Waals surface area contributed by atoms with E-state index in [1.165, 1.54) is 36.6 Å². The van der Waals surface area contributed by atoms with Crippen molar-refractivity contribution in [2.45, 2.75) is 38.0 Å². The van der Waals surface area contributed by atoms with Gasteiger partial charge >= 0.3 is 0 Å². The third-order valence-electron chi connectivity index (χ3n) is 3.61. The van der Waals surface area contributed by atoms with Gasteiger partial charge in [0, 0.05) is 9.35 Å². The molecular weight excluding hydrogens is 282 g/mol. The molecule has 1 aromatic rings. The summed E-state index contributed by atoms with van der Waals surface area (Å²) in [6, 6.07) is 2.20. The molecule has 1 aliphatic rings. The maximum atomic E-state index is 3.70. The Kier molecular flexibility index (Phi) is 4.86. The summed E-state index contributed by atoms with van der Waals surface area (Å²) >= 11 is 5.62. The molecule has 2 unspecified atom stereocenters. The summed E-state index contributed by atoms with van der Waals surface area (Å²) in [6.45, 7) is 1.16. The molecule has 0 amide bonds. The highest BCUT2D eigenvalue weighted by molar-refractivity contribution is 9.10. The quantitative estimate of drug-likeness (QED) is 0.816. The van der Waals surface area contributed by atoms with E-state index in [9.17, 15) is 0 Å². The molecule has 1 aliphatic carbocycles. The van der Waals surface area contributed by atoms with E-state index in [-0.39, 0.29) is 0 Å². The summed E-state index contributed by atoms with van der Waals surface area (Å²) in [4.78, 5) is 1.57. The number of hydrogen-bond acceptors (Lipinski definition) is 2. The molecule has 16 heavy (non-hydrogen) atoms. The molecule has 90 valence electrons. The first kappa shape index (κ1) is 12.6. The van der Waals surface area contributed by atoms with Crippen molar-refractivity contribution < 1.29 is 0 Å². The molecule has 0 spiro atoms. The van der Waals surface area contributed by atoms with Crippen LogP contribution >= 0.6 is 27.3 Å². The second kappa shape index (κ2) is 6.18. The maximum absolute atomic E-state index is 3.70. The molecule has 1 nitrogen and oxygen atoms in total. The van der Waals surface area contributed by atoms with Crippen LogP contribution in [0.3, 0.4) is 0 Å². The van der Waals surface area contributed by atoms with Gasteiger partial charge < -0.3 is 5.32 Å². The van der Waals surface area contributed by atoms with E-state index in [1.54, 1.807) is 4.88 Å². The van der Waals surface area contributed by atoms with E-state index >= 15 is 0 Å². The average molecular weight is 302 g/mol. The van der Waals surface area contributed by atoms with Crippen molar-refractivity contribution in [2.24, 2.45) is 5.92 Å². The predicted molar refractivity (Wildman–Crippen MR) is 75.3 cm³/mol. The molecule has 0 aromatic carbocycles. The van der Waals surface area contributed by atoms with Crippen molar-refractivity contribution in [3.05, 3.63) is 20.8 Å². The first-order valence-corrected chi connectivity index (χ1v) is 7.87. The third-order valence-corrected chi connectivity index (χ3v) is 5.61. The normalized spacial score (nSPS) is 26.6. The van der Waals surface area contributed by atoms with Gasteiger partial charge in [-0.1, -0.05) is 19.3 Å². The van der Waals surface area contributed by atoms with E-state index in [2.05, 4.69) is 39.7 Å². The fourth-order valence-corrected chi connectivity index (χ4v) is 4.70. The van der Waals surface area contributed by atoms with Crippen molar-refractivity contribution in [1.82, 2.24) is 5.32 Å². The monoisotopic (exact) mass is 301 g/mol. The minimum atomic E-state index is 0.768. The number of halogens is 1. The zero-order valence-corrected chi connectivity index (χ0v) is 12.2. The smallest absolute Gasteiger partial charge is 0.0317 e. The Labute approximate surface area is 111 Å². The molecule has 1 heterocycles. The lowest BCUT2D eigenvalue weighted by molar-refractivity contribution is 0.389. The van der Waals surface area contributed by atoms with Gasteiger partial charge in [-0.2, -0.15) is 0 Å². The van der Waals surface area contributed by atoms with Crippen LogP contribution in [0.5, 0.6) is 0 Å². The van der Waals surface area contributed by atoms with Gasteiger partial charge in [0.2, 0.25) is 0 Å². The summed E-state index contributed by atoms with van der Waals surface area (Å²) < 4.78 is 1.32. The lowest BCUT2D eigenvalue weighted by Gasteiger charge is -2.24. The Balaban J connectivity index is 2.17. The first-order valence-electron chi connectivity index (χ1n) is 6.20. The lowest BCUT2D eigenvalue weighted by Crippen LogP contribution is -2.23. The number of nitrogens with one attached hydrogen (secondary N) is 1. The van der Waals surface area contributed by atoms with Gasteiger partial charge in [-0.05, 0) is 65.6 Å². The van der Waals surface area contributed by atoms with E-state index in [4.69, 9.17) is 0 Å². The van der Waals surface area contributed by atoms with Crippen LogP contribution in [0.1, 0.15) is 42.9 Å². The Morgan fingerprint density at radius 3 is 2.88 bits per heavy atom. The molecule has 2 atom stereocenters. The van der Waals surface area contributed by atoms with Gasteiger partial charge in [0.1, 0.15) is 0 Å². The van der Waals surface area contributed by atoms with Crippen molar-refractivity contribution in [3.8, 4) is 0 Å². The van der Waals surface area contributed by atoms with Crippen LogP contribution in [0.4, 0.5) is 0 Å². The second-order valence-corrected chi connectivity index (χ2v) is 6.50. The lowest BCUT2D eigenvalue weighted by atomic mass is 9.86. The summed E-state index contributed by atoms with van der Waals surface area (Å²) in [6.07, 6.45) is 6.97. The van der Waals surface area contributed by atoms with Gasteiger partial charge in [0.15, 0.2) is 0 Å². The molecule has 0 bridgehead atoms. The van der Waals surface area contributed by atoms with Crippen LogP contribution in [-0.2, 0) is 0 Å². The molecule has 0 saturated heterocycles. The minimum absolute atomic E-state index is 0.768. The Morgan fingerprint density at radius 2 is 2.19 bits per heavy atom. The van der Waals surface area contributed by atoms with E-state index in [0.29, 0.717) is 0 Å². The maximum Gasteiger partial charge on any atom is 0.0317 e. The standard InChI is InChI=1S/C13H20BrNS/c1-15-9-10-5-3-2-4-6-11(10)13-12(14)7-8-16-13/h7-8,10-11,15H,2-6,9H2,1H3. The summed E-state index contributed by atoms with van der Waals surface area (Å²) in [7, 11) is 2.07. The first-order chi connectivity index (χ1) is 7.83. The van der Waals surface area contributed by atoms with Crippen LogP contribution in [0.15, 0.2) is 15.9 Å². The summed E-state index contributed by atoms with van der Waals surface area (Å²) in [5.74, 6) is 1.59. The van der Waals surface area contributed by atoms with Gasteiger partial charge in [-0.25, -0.2) is 0 Å². The Morgan fingerprint density at radius 1 is 1.38 bits per heavy atom. The second-order valence-electron chi connectivity index (χ2n) is 4.70. The number of hydrogen-bond donors (Lipinski definition) is 1. The topological polar surface area (TPSA) is 12.0 Å². The molecule has 1 aromatic heterocycles. The van der Waals surface area contributed by atoms with Gasteiger partial charge in [-0.3, -0.25) is 0 Å². The van der Waals surface area contributed by atoms with Gasteiger partial charge in [-0.15, -0.1) is 11.3 Å². The highest BCUT2D eigenvalue weighted by Gasteiger charge is 2.26. The van der Waals surface area contributed by atoms with Gasteiger partial charge in [0.25, 0.3) is 0 Å². The van der Waals surface area contributed by atoms with Crippen LogP contribution in [-0.4, -0.2) is 13.6 Å². The fraction of sp³-hybridized carbons (Fsp3) is 0.692. The average Bonchev–Trinajstić information content (AvgIpc) is 2.56. The van der Waals surface area contributed by atoms with Crippen LogP contribution in [0.2, 0.25) is 0 Å². The number of thiophene rings is 1. The zero-order chi connectivity index (χ0) is 11.4. The largest absolute Gasteiger partial charge is 0.319 e. The Bertz CT molecular complexity index is 323. The van der Waals surface area contributed by atoms with E-state index in [0.717, 1.165) is 18.4 Å². The summed E-state index contributed by atoms with van der Waals surface area (Å²) in [5.41, 5.74) is 0. The van der Waals surface area contributed by atoms with Crippen LogP contribution in [0.25, 0.3) is 0 Å². The highest BCUT2D eigenvalue weighted by Crippen LogP contribution is 2.41. The zero-order valence-electron chi connectivity index (χ0n) is 9.84. The highest BCUT2D eigenvalue weighted by atomic mass is 79.9. The third kappa shape index (κ3) is 2.88.